The van der Waals surface area contributed by atoms with Gasteiger partial charge in [-0.15, -0.1) is 0 Å². The molecule has 0 unspecified atom stereocenters. The molecule has 1 aliphatic rings. The van der Waals surface area contributed by atoms with Crippen molar-refractivity contribution < 1.29 is 4.39 Å². The minimum Gasteiger partial charge on any atom is -0.362 e. The zero-order valence-corrected chi connectivity index (χ0v) is 13.4. The first-order valence-corrected chi connectivity index (χ1v) is 8.07. The molecule has 0 spiro atoms. The lowest BCUT2D eigenvalue weighted by molar-refractivity contribution is 0.182. The fourth-order valence-corrected chi connectivity index (χ4v) is 2.94. The molecule has 1 fully saturated rings. The Morgan fingerprint density at radius 2 is 2.24 bits per heavy atom. The Bertz CT molecular complexity index is 467. The third-order valence-electron chi connectivity index (χ3n) is 3.80. The van der Waals surface area contributed by atoms with Gasteiger partial charge in [-0.3, -0.25) is 0 Å². The number of thiocarbonyl (C=S) groups is 1. The van der Waals surface area contributed by atoms with E-state index in [0.29, 0.717) is 10.8 Å². The zero-order valence-electron chi connectivity index (χ0n) is 12.6. The number of halogens is 1. The van der Waals surface area contributed by atoms with Gasteiger partial charge in [0.15, 0.2) is 5.11 Å². The van der Waals surface area contributed by atoms with Crippen molar-refractivity contribution in [2.24, 2.45) is 5.92 Å². The fourth-order valence-electron chi connectivity index (χ4n) is 2.72. The normalized spacial score (nSPS) is 19.2. The summed E-state index contributed by atoms with van der Waals surface area (Å²) in [7, 11) is 0. The summed E-state index contributed by atoms with van der Waals surface area (Å²) in [5.74, 6) is 0.527. The zero-order chi connectivity index (χ0) is 15.1. The van der Waals surface area contributed by atoms with E-state index in [1.807, 2.05) is 0 Å². The molecular weight excluding hydrogens is 285 g/mol. The maximum absolute atomic E-state index is 13.5. The molecule has 21 heavy (non-hydrogen) atoms. The molecule has 1 aliphatic heterocycles. The van der Waals surface area contributed by atoms with Crippen molar-refractivity contribution in [1.82, 2.24) is 10.2 Å². The van der Waals surface area contributed by atoms with Crippen LogP contribution in [0.25, 0.3) is 0 Å². The molecule has 5 heteroatoms. The lowest BCUT2D eigenvalue weighted by Crippen LogP contribution is -2.37. The van der Waals surface area contributed by atoms with Crippen LogP contribution in [0.4, 0.5) is 10.1 Å². The first-order chi connectivity index (χ1) is 10.1. The van der Waals surface area contributed by atoms with Crippen molar-refractivity contribution in [2.45, 2.75) is 26.2 Å². The van der Waals surface area contributed by atoms with Crippen molar-refractivity contribution in [2.75, 3.05) is 31.5 Å². The molecule has 1 aromatic carbocycles. The van der Waals surface area contributed by atoms with Gasteiger partial charge in [0, 0.05) is 13.1 Å². The number of nitrogens with zero attached hydrogens (tertiary/aromatic N) is 1. The van der Waals surface area contributed by atoms with Crippen molar-refractivity contribution in [3.8, 4) is 0 Å². The Labute approximate surface area is 131 Å². The van der Waals surface area contributed by atoms with Crippen molar-refractivity contribution in [1.29, 1.82) is 0 Å². The molecule has 1 aromatic rings. The molecular formula is C16H24FN3S. The van der Waals surface area contributed by atoms with Gasteiger partial charge in [-0.25, -0.2) is 4.39 Å². The highest BCUT2D eigenvalue weighted by molar-refractivity contribution is 7.80. The highest BCUT2D eigenvalue weighted by Crippen LogP contribution is 2.15. The van der Waals surface area contributed by atoms with Gasteiger partial charge >= 0.3 is 0 Å². The van der Waals surface area contributed by atoms with Crippen LogP contribution in [0.15, 0.2) is 24.3 Å². The van der Waals surface area contributed by atoms with Gasteiger partial charge in [0.2, 0.25) is 0 Å². The number of hydrogen-bond donors (Lipinski definition) is 2. The minimum atomic E-state index is -0.288. The van der Waals surface area contributed by atoms with E-state index in [9.17, 15) is 4.39 Å². The number of hydrogen-bond acceptors (Lipinski definition) is 2. The number of benzene rings is 1. The first kappa shape index (κ1) is 16.2. The van der Waals surface area contributed by atoms with Gasteiger partial charge in [-0.05, 0) is 62.6 Å². The molecule has 0 amide bonds. The van der Waals surface area contributed by atoms with Crippen LogP contribution in [0.2, 0.25) is 0 Å². The molecule has 2 N–H and O–H groups in total. The van der Waals surface area contributed by atoms with E-state index in [0.717, 1.165) is 25.4 Å². The summed E-state index contributed by atoms with van der Waals surface area (Å²) in [6.07, 6.45) is 3.71. The second-order valence-electron chi connectivity index (χ2n) is 5.76. The molecule has 0 bridgehead atoms. The highest BCUT2D eigenvalue weighted by atomic mass is 32.1. The van der Waals surface area contributed by atoms with Gasteiger partial charge in [-0.2, -0.15) is 0 Å². The standard InChI is InChI=1S/C16H24FN3S/c1-13-6-4-10-20(12-13)11-5-9-18-16(21)19-15-8-3-2-7-14(15)17/h2-3,7-8,13H,4-6,9-12H2,1H3,(H2,18,19,21)/t13-/m1/s1. The number of rotatable bonds is 5. The van der Waals surface area contributed by atoms with Crippen LogP contribution in [0.3, 0.4) is 0 Å². The number of para-hydroxylation sites is 1. The van der Waals surface area contributed by atoms with Crippen LogP contribution in [0, 0.1) is 11.7 Å². The number of likely N-dealkylation sites (tertiary alicyclic amines) is 1. The SMILES string of the molecule is C[C@@H]1CCCN(CCCNC(=S)Nc2ccccc2F)C1. The van der Waals surface area contributed by atoms with Crippen LogP contribution >= 0.6 is 12.2 Å². The first-order valence-electron chi connectivity index (χ1n) is 7.67. The van der Waals surface area contributed by atoms with Gasteiger partial charge in [-0.1, -0.05) is 19.1 Å². The van der Waals surface area contributed by atoms with E-state index >= 15 is 0 Å². The van der Waals surface area contributed by atoms with Crippen molar-refractivity contribution in [3.05, 3.63) is 30.1 Å². The Morgan fingerprint density at radius 3 is 3.00 bits per heavy atom. The monoisotopic (exact) mass is 309 g/mol. The molecule has 1 heterocycles. The van der Waals surface area contributed by atoms with Gasteiger partial charge < -0.3 is 15.5 Å². The van der Waals surface area contributed by atoms with Crippen LogP contribution < -0.4 is 10.6 Å². The average molecular weight is 309 g/mol. The predicted molar refractivity (Wildman–Crippen MR) is 90.1 cm³/mol. The Morgan fingerprint density at radius 1 is 1.43 bits per heavy atom. The summed E-state index contributed by atoms with van der Waals surface area (Å²) in [4.78, 5) is 2.52. The summed E-state index contributed by atoms with van der Waals surface area (Å²) < 4.78 is 13.5. The second kappa shape index (κ2) is 8.29. The van der Waals surface area contributed by atoms with E-state index in [1.54, 1.807) is 18.2 Å². The molecule has 0 radical (unpaired) electrons. The number of nitrogens with one attached hydrogen (secondary N) is 2. The summed E-state index contributed by atoms with van der Waals surface area (Å²) >= 11 is 5.18. The third kappa shape index (κ3) is 5.59. The van der Waals surface area contributed by atoms with Gasteiger partial charge in [0.25, 0.3) is 0 Å². The van der Waals surface area contributed by atoms with Crippen LogP contribution in [0.5, 0.6) is 0 Å². The molecule has 1 atom stereocenters. The maximum Gasteiger partial charge on any atom is 0.170 e. The third-order valence-corrected chi connectivity index (χ3v) is 4.05. The molecule has 0 aliphatic carbocycles. The van der Waals surface area contributed by atoms with Crippen LogP contribution in [-0.4, -0.2) is 36.2 Å². The molecule has 116 valence electrons. The van der Waals surface area contributed by atoms with E-state index < -0.39 is 0 Å². The molecule has 3 nitrogen and oxygen atoms in total. The molecule has 2 rings (SSSR count). The predicted octanol–water partition coefficient (Wildman–Crippen LogP) is 3.23. The lowest BCUT2D eigenvalue weighted by atomic mass is 10.0. The van der Waals surface area contributed by atoms with Gasteiger partial charge in [0.1, 0.15) is 5.82 Å². The summed E-state index contributed by atoms with van der Waals surface area (Å²) in [6.45, 7) is 6.64. The van der Waals surface area contributed by atoms with E-state index in [-0.39, 0.29) is 5.82 Å². The summed E-state index contributed by atoms with van der Waals surface area (Å²) in [6, 6.07) is 6.54. The molecule has 0 saturated carbocycles. The summed E-state index contributed by atoms with van der Waals surface area (Å²) in [5.41, 5.74) is 0.417. The van der Waals surface area contributed by atoms with E-state index in [2.05, 4.69) is 22.5 Å². The van der Waals surface area contributed by atoms with Crippen LogP contribution in [-0.2, 0) is 0 Å². The number of piperidine rings is 1. The topological polar surface area (TPSA) is 27.3 Å². The Hall–Kier alpha value is -1.20. The fraction of sp³-hybridized carbons (Fsp3) is 0.562. The molecule has 1 saturated heterocycles. The van der Waals surface area contributed by atoms with E-state index in [4.69, 9.17) is 12.2 Å². The Balaban J connectivity index is 1.62. The van der Waals surface area contributed by atoms with Crippen molar-refractivity contribution in [3.63, 3.8) is 0 Å². The van der Waals surface area contributed by atoms with Crippen LogP contribution in [0.1, 0.15) is 26.2 Å². The maximum atomic E-state index is 13.5. The highest BCUT2D eigenvalue weighted by Gasteiger charge is 2.15. The quantitative estimate of drug-likeness (QED) is 0.645. The lowest BCUT2D eigenvalue weighted by Gasteiger charge is -2.30. The number of anilines is 1. The second-order valence-corrected chi connectivity index (χ2v) is 6.17. The summed E-state index contributed by atoms with van der Waals surface area (Å²) in [5, 5.41) is 6.50. The molecule has 0 aromatic heterocycles. The average Bonchev–Trinajstić information content (AvgIpc) is 2.46. The Kier molecular flexibility index (Phi) is 6.39. The van der Waals surface area contributed by atoms with E-state index in [1.165, 1.54) is 32.0 Å². The van der Waals surface area contributed by atoms with Crippen molar-refractivity contribution >= 4 is 23.0 Å². The van der Waals surface area contributed by atoms with Gasteiger partial charge in [0.05, 0.1) is 5.69 Å². The largest absolute Gasteiger partial charge is 0.362 e. The minimum absolute atomic E-state index is 0.288. The smallest absolute Gasteiger partial charge is 0.170 e.